The fourth-order valence-electron chi connectivity index (χ4n) is 2.78. The van der Waals surface area contributed by atoms with Crippen molar-refractivity contribution < 1.29 is 14.4 Å². The van der Waals surface area contributed by atoms with Gasteiger partial charge in [-0.3, -0.25) is 19.0 Å². The van der Waals surface area contributed by atoms with E-state index in [1.807, 2.05) is 0 Å². The summed E-state index contributed by atoms with van der Waals surface area (Å²) in [4.78, 5) is 35.6. The first kappa shape index (κ1) is 20.7. The Morgan fingerprint density at radius 1 is 1.07 bits per heavy atom. The molecule has 1 heterocycles. The number of amides is 1. The van der Waals surface area contributed by atoms with E-state index >= 15 is 0 Å². The van der Waals surface area contributed by atoms with E-state index in [0.717, 1.165) is 0 Å². The van der Waals surface area contributed by atoms with Crippen molar-refractivity contribution in [3.05, 3.63) is 75.3 Å². The molecular weight excluding hydrogens is 415 g/mol. The zero-order valence-electron chi connectivity index (χ0n) is 15.6. The molecule has 0 aliphatic heterocycles. The molecule has 0 fully saturated rings. The monoisotopic (exact) mass is 430 g/mol. The number of ketones is 2. The van der Waals surface area contributed by atoms with Crippen LogP contribution >= 0.6 is 23.2 Å². The minimum Gasteiger partial charge on any atom is -0.342 e. The summed E-state index contributed by atoms with van der Waals surface area (Å²) in [5.74, 6) is -0.705. The number of carbonyl (C=O) groups excluding carboxylic acids is 3. The molecule has 1 aromatic heterocycles. The number of nitrogens with zero attached hydrogens (tertiary/aromatic N) is 3. The van der Waals surface area contributed by atoms with Gasteiger partial charge in [0.25, 0.3) is 5.91 Å². The van der Waals surface area contributed by atoms with Gasteiger partial charge in [0, 0.05) is 23.1 Å². The van der Waals surface area contributed by atoms with Crippen molar-refractivity contribution in [3.63, 3.8) is 0 Å². The lowest BCUT2D eigenvalue weighted by molar-refractivity contribution is -0.136. The van der Waals surface area contributed by atoms with Crippen LogP contribution in [0.3, 0.4) is 0 Å². The highest BCUT2D eigenvalue weighted by molar-refractivity contribution is 6.35. The summed E-state index contributed by atoms with van der Waals surface area (Å²) < 4.78 is 1.65. The Balaban J connectivity index is 2.00. The molecule has 7 nitrogen and oxygen atoms in total. The van der Waals surface area contributed by atoms with Crippen molar-refractivity contribution in [3.8, 4) is 5.69 Å². The van der Waals surface area contributed by atoms with E-state index in [2.05, 4.69) is 15.5 Å². The molecule has 0 saturated heterocycles. The fourth-order valence-corrected chi connectivity index (χ4v) is 3.23. The summed E-state index contributed by atoms with van der Waals surface area (Å²) in [5, 5.41) is 11.2. The average Bonchev–Trinajstić information content (AvgIpc) is 3.05. The Bertz CT molecular complexity index is 1120. The minimum atomic E-state index is -0.724. The number of benzene rings is 2. The van der Waals surface area contributed by atoms with Gasteiger partial charge < -0.3 is 5.32 Å². The zero-order chi connectivity index (χ0) is 21.1. The molecule has 0 radical (unpaired) electrons. The number of hydrogen-bond acceptors (Lipinski definition) is 5. The quantitative estimate of drug-likeness (QED) is 0.478. The van der Waals surface area contributed by atoms with Gasteiger partial charge in [0.05, 0.1) is 17.3 Å². The normalized spacial score (nSPS) is 10.6. The first-order chi connectivity index (χ1) is 13.8. The van der Waals surface area contributed by atoms with E-state index in [1.165, 1.54) is 6.92 Å². The van der Waals surface area contributed by atoms with Gasteiger partial charge in [0.15, 0.2) is 11.6 Å². The maximum Gasteiger partial charge on any atom is 0.287 e. The van der Waals surface area contributed by atoms with Crippen molar-refractivity contribution in [1.29, 1.82) is 0 Å². The fraction of sp³-hybridized carbons (Fsp3) is 0.150. The van der Waals surface area contributed by atoms with E-state index < -0.39 is 11.7 Å². The van der Waals surface area contributed by atoms with Gasteiger partial charge in [-0.05, 0) is 37.3 Å². The molecule has 148 valence electrons. The van der Waals surface area contributed by atoms with E-state index in [4.69, 9.17) is 23.2 Å². The Hall–Kier alpha value is -3.03. The van der Waals surface area contributed by atoms with Gasteiger partial charge in [-0.2, -0.15) is 0 Å². The van der Waals surface area contributed by atoms with Crippen molar-refractivity contribution in [1.82, 2.24) is 20.1 Å². The first-order valence-electron chi connectivity index (χ1n) is 8.57. The first-order valence-corrected chi connectivity index (χ1v) is 9.33. The summed E-state index contributed by atoms with van der Waals surface area (Å²) >= 11 is 12.4. The Morgan fingerprint density at radius 2 is 1.79 bits per heavy atom. The maximum atomic E-state index is 12.9. The van der Waals surface area contributed by atoms with Crippen molar-refractivity contribution >= 4 is 40.7 Å². The van der Waals surface area contributed by atoms with Gasteiger partial charge >= 0.3 is 0 Å². The molecule has 3 aromatic rings. The van der Waals surface area contributed by atoms with Crippen LogP contribution < -0.4 is 5.32 Å². The SMILES string of the molecule is CC(=O)C(=O)NCc1nnc(C)n1-c1cc(Cl)cc(C(=O)c2ccccc2Cl)c1. The lowest BCUT2D eigenvalue weighted by Crippen LogP contribution is -2.29. The van der Waals surface area contributed by atoms with E-state index in [-0.39, 0.29) is 12.3 Å². The summed E-state index contributed by atoms with van der Waals surface area (Å²) in [6.07, 6.45) is 0. The van der Waals surface area contributed by atoms with Crippen LogP contribution in [0.25, 0.3) is 5.69 Å². The van der Waals surface area contributed by atoms with Crippen LogP contribution in [-0.2, 0) is 16.1 Å². The highest BCUT2D eigenvalue weighted by Crippen LogP contribution is 2.25. The molecular formula is C20H16Cl2N4O3. The summed E-state index contributed by atoms with van der Waals surface area (Å²) in [5.41, 5.74) is 1.24. The standard InChI is InChI=1S/C20H16Cl2N4O3/c1-11(27)20(29)23-10-18-25-24-12(2)26(18)15-8-13(7-14(21)9-15)19(28)16-5-3-4-6-17(16)22/h3-9H,10H2,1-2H3,(H,23,29). The molecule has 0 atom stereocenters. The van der Waals surface area contributed by atoms with Gasteiger partial charge in [-0.25, -0.2) is 0 Å². The molecule has 29 heavy (non-hydrogen) atoms. The molecule has 0 spiro atoms. The van der Waals surface area contributed by atoms with Crippen LogP contribution in [-0.4, -0.2) is 32.2 Å². The third kappa shape index (κ3) is 4.52. The molecule has 2 aromatic carbocycles. The highest BCUT2D eigenvalue weighted by atomic mass is 35.5. The number of halogens is 2. The average molecular weight is 431 g/mol. The van der Waals surface area contributed by atoms with Crippen molar-refractivity contribution in [2.24, 2.45) is 0 Å². The topological polar surface area (TPSA) is 93.9 Å². The van der Waals surface area contributed by atoms with Gasteiger partial charge in [0.2, 0.25) is 5.78 Å². The van der Waals surface area contributed by atoms with Crippen LogP contribution in [0, 0.1) is 6.92 Å². The second-order valence-electron chi connectivity index (χ2n) is 6.24. The Kier molecular flexibility index (Phi) is 6.10. The molecule has 0 saturated carbocycles. The number of aromatic nitrogens is 3. The third-order valence-corrected chi connectivity index (χ3v) is 4.69. The minimum absolute atomic E-state index is 0.0143. The molecule has 3 rings (SSSR count). The van der Waals surface area contributed by atoms with Crippen LogP contribution in [0.4, 0.5) is 0 Å². The number of nitrogens with one attached hydrogen (secondary N) is 1. The predicted octanol–water partition coefficient (Wildman–Crippen LogP) is 3.32. The highest BCUT2D eigenvalue weighted by Gasteiger charge is 2.18. The van der Waals surface area contributed by atoms with E-state index in [1.54, 1.807) is 54.0 Å². The third-order valence-electron chi connectivity index (χ3n) is 4.14. The van der Waals surface area contributed by atoms with Gasteiger partial charge in [-0.1, -0.05) is 35.3 Å². The predicted molar refractivity (Wildman–Crippen MR) is 109 cm³/mol. The summed E-state index contributed by atoms with van der Waals surface area (Å²) in [7, 11) is 0. The van der Waals surface area contributed by atoms with E-state index in [0.29, 0.717) is 38.5 Å². The molecule has 1 N–H and O–H groups in total. The lowest BCUT2D eigenvalue weighted by atomic mass is 10.0. The van der Waals surface area contributed by atoms with Crippen molar-refractivity contribution in [2.45, 2.75) is 20.4 Å². The number of aryl methyl sites for hydroxylation is 1. The summed E-state index contributed by atoms with van der Waals surface area (Å²) in [6.45, 7) is 2.88. The maximum absolute atomic E-state index is 12.9. The van der Waals surface area contributed by atoms with Crippen LogP contribution in [0.5, 0.6) is 0 Å². The smallest absolute Gasteiger partial charge is 0.287 e. The molecule has 0 aliphatic rings. The molecule has 0 bridgehead atoms. The Labute approximate surface area is 176 Å². The number of rotatable bonds is 6. The van der Waals surface area contributed by atoms with Crippen molar-refractivity contribution in [2.75, 3.05) is 0 Å². The second kappa shape index (κ2) is 8.55. The molecule has 1 amide bonds. The molecule has 9 heteroatoms. The number of Topliss-reactive ketones (excluding diaryl/α,β-unsaturated/α-hetero) is 1. The number of carbonyl (C=O) groups is 3. The van der Waals surface area contributed by atoms with Crippen LogP contribution in [0.15, 0.2) is 42.5 Å². The molecule has 0 aliphatic carbocycles. The molecule has 0 unspecified atom stereocenters. The number of hydrogen-bond donors (Lipinski definition) is 1. The second-order valence-corrected chi connectivity index (χ2v) is 7.09. The summed E-state index contributed by atoms with van der Waals surface area (Å²) in [6, 6.07) is 11.6. The van der Waals surface area contributed by atoms with Gasteiger partial charge in [-0.15, -0.1) is 10.2 Å². The van der Waals surface area contributed by atoms with Crippen LogP contribution in [0.1, 0.15) is 34.5 Å². The van der Waals surface area contributed by atoms with Gasteiger partial charge in [0.1, 0.15) is 5.82 Å². The van der Waals surface area contributed by atoms with Crippen LogP contribution in [0.2, 0.25) is 10.0 Å². The zero-order valence-corrected chi connectivity index (χ0v) is 17.1. The Morgan fingerprint density at radius 3 is 2.48 bits per heavy atom. The lowest BCUT2D eigenvalue weighted by Gasteiger charge is -2.12. The van der Waals surface area contributed by atoms with E-state index in [9.17, 15) is 14.4 Å². The largest absolute Gasteiger partial charge is 0.342 e.